The second-order valence-electron chi connectivity index (χ2n) is 4.27. The van der Waals surface area contributed by atoms with Crippen LogP contribution in [0.25, 0.3) is 0 Å². The summed E-state index contributed by atoms with van der Waals surface area (Å²) < 4.78 is 10.8. The van der Waals surface area contributed by atoms with Gasteiger partial charge in [-0.2, -0.15) is 0 Å². The van der Waals surface area contributed by atoms with E-state index in [1.165, 1.54) is 6.07 Å². The Morgan fingerprint density at radius 1 is 1.30 bits per heavy atom. The van der Waals surface area contributed by atoms with Crippen LogP contribution in [0.1, 0.15) is 25.3 Å². The molecule has 0 atom stereocenters. The van der Waals surface area contributed by atoms with Crippen molar-refractivity contribution < 1.29 is 14.4 Å². The molecule has 0 heterocycles. The number of ether oxygens (including phenoxy) is 2. The monoisotopic (exact) mass is 283 g/mol. The highest BCUT2D eigenvalue weighted by Gasteiger charge is 2.13. The number of nitro benzene ring substituents is 1. The molecule has 0 aromatic heterocycles. The molecule has 7 nitrogen and oxygen atoms in total. The number of hydrogen-bond donors (Lipinski definition) is 2. The molecule has 112 valence electrons. The Labute approximate surface area is 118 Å². The van der Waals surface area contributed by atoms with Gasteiger partial charge in [0.2, 0.25) is 0 Å². The predicted octanol–water partition coefficient (Wildman–Crippen LogP) is 2.21. The maximum absolute atomic E-state index is 10.9. The number of nitrogens with two attached hydrogens (primary N) is 1. The summed E-state index contributed by atoms with van der Waals surface area (Å²) in [5.74, 6) is 5.22. The summed E-state index contributed by atoms with van der Waals surface area (Å²) in [6.45, 7) is 4.15. The van der Waals surface area contributed by atoms with Gasteiger partial charge in [-0.05, 0) is 18.1 Å². The van der Waals surface area contributed by atoms with Gasteiger partial charge in [0.05, 0.1) is 24.7 Å². The Balaban J connectivity index is 2.37. The predicted molar refractivity (Wildman–Crippen MR) is 76.3 cm³/mol. The van der Waals surface area contributed by atoms with Crippen molar-refractivity contribution in [2.45, 2.75) is 26.4 Å². The zero-order valence-electron chi connectivity index (χ0n) is 11.6. The topological polar surface area (TPSA) is 99.7 Å². The Morgan fingerprint density at radius 3 is 2.70 bits per heavy atom. The van der Waals surface area contributed by atoms with Crippen LogP contribution in [-0.4, -0.2) is 24.7 Å². The van der Waals surface area contributed by atoms with Gasteiger partial charge in [-0.15, -0.1) is 0 Å². The summed E-state index contributed by atoms with van der Waals surface area (Å²) in [6, 6.07) is 4.75. The SMILES string of the molecule is CCCCOCCOCc1ccc(NN)c([N+](=O)[O-])c1. The van der Waals surface area contributed by atoms with Crippen LogP contribution in [-0.2, 0) is 16.1 Å². The van der Waals surface area contributed by atoms with Crippen LogP contribution < -0.4 is 11.3 Å². The number of nitro groups is 1. The van der Waals surface area contributed by atoms with Crippen LogP contribution in [0.4, 0.5) is 11.4 Å². The standard InChI is InChI=1S/C13H21N3O4/c1-2-3-6-19-7-8-20-10-11-4-5-12(15-14)13(9-11)16(17)18/h4-5,9,15H,2-3,6-8,10,14H2,1H3. The summed E-state index contributed by atoms with van der Waals surface area (Å²) in [5, 5.41) is 10.9. The van der Waals surface area contributed by atoms with E-state index < -0.39 is 4.92 Å². The summed E-state index contributed by atoms with van der Waals surface area (Å²) in [5.41, 5.74) is 3.24. The van der Waals surface area contributed by atoms with Gasteiger partial charge in [0, 0.05) is 12.7 Å². The number of nitrogen functional groups attached to an aromatic ring is 1. The molecular formula is C13H21N3O4. The molecule has 1 rings (SSSR count). The molecule has 0 aliphatic heterocycles. The van der Waals surface area contributed by atoms with Gasteiger partial charge in [-0.3, -0.25) is 16.0 Å². The minimum atomic E-state index is -0.480. The lowest BCUT2D eigenvalue weighted by Crippen LogP contribution is -2.09. The maximum Gasteiger partial charge on any atom is 0.294 e. The van der Waals surface area contributed by atoms with Crippen molar-refractivity contribution in [3.8, 4) is 0 Å². The molecular weight excluding hydrogens is 262 g/mol. The van der Waals surface area contributed by atoms with E-state index in [0.717, 1.165) is 25.0 Å². The second-order valence-corrected chi connectivity index (χ2v) is 4.27. The fourth-order valence-electron chi connectivity index (χ4n) is 1.60. The van der Waals surface area contributed by atoms with E-state index in [9.17, 15) is 10.1 Å². The van der Waals surface area contributed by atoms with Gasteiger partial charge < -0.3 is 14.9 Å². The van der Waals surface area contributed by atoms with Crippen LogP contribution in [0, 0.1) is 10.1 Å². The fraction of sp³-hybridized carbons (Fsp3) is 0.538. The van der Waals surface area contributed by atoms with Gasteiger partial charge in [-0.1, -0.05) is 19.4 Å². The van der Waals surface area contributed by atoms with Crippen LogP contribution in [0.15, 0.2) is 18.2 Å². The first-order valence-corrected chi connectivity index (χ1v) is 6.58. The number of anilines is 1. The molecule has 0 saturated carbocycles. The van der Waals surface area contributed by atoms with E-state index in [-0.39, 0.29) is 11.4 Å². The fourth-order valence-corrected chi connectivity index (χ4v) is 1.60. The average molecular weight is 283 g/mol. The smallest absolute Gasteiger partial charge is 0.294 e. The lowest BCUT2D eigenvalue weighted by atomic mass is 10.2. The average Bonchev–Trinajstić information content (AvgIpc) is 2.46. The van der Waals surface area contributed by atoms with Gasteiger partial charge in [0.15, 0.2) is 0 Å². The van der Waals surface area contributed by atoms with Crippen molar-refractivity contribution in [2.24, 2.45) is 5.84 Å². The summed E-state index contributed by atoms with van der Waals surface area (Å²) in [6.07, 6.45) is 2.14. The van der Waals surface area contributed by atoms with Gasteiger partial charge >= 0.3 is 0 Å². The van der Waals surface area contributed by atoms with Crippen LogP contribution >= 0.6 is 0 Å². The summed E-state index contributed by atoms with van der Waals surface area (Å²) in [7, 11) is 0. The number of hydrogen-bond acceptors (Lipinski definition) is 6. The Bertz CT molecular complexity index is 426. The summed E-state index contributed by atoms with van der Waals surface area (Å²) in [4.78, 5) is 10.4. The highest BCUT2D eigenvalue weighted by Crippen LogP contribution is 2.24. The molecule has 7 heteroatoms. The maximum atomic E-state index is 10.9. The second kappa shape index (κ2) is 9.24. The Kier molecular flexibility index (Phi) is 7.56. The van der Waals surface area contributed by atoms with Gasteiger partial charge in [0.1, 0.15) is 5.69 Å². The number of nitrogens with zero attached hydrogens (tertiary/aromatic N) is 1. The van der Waals surface area contributed by atoms with E-state index in [0.29, 0.717) is 19.8 Å². The summed E-state index contributed by atoms with van der Waals surface area (Å²) >= 11 is 0. The van der Waals surface area contributed by atoms with Crippen molar-refractivity contribution in [1.82, 2.24) is 0 Å². The Morgan fingerprint density at radius 2 is 2.05 bits per heavy atom. The zero-order valence-corrected chi connectivity index (χ0v) is 11.6. The van der Waals surface area contributed by atoms with E-state index >= 15 is 0 Å². The molecule has 0 aliphatic carbocycles. The van der Waals surface area contributed by atoms with Crippen molar-refractivity contribution in [3.05, 3.63) is 33.9 Å². The number of hydrazine groups is 1. The molecule has 0 saturated heterocycles. The molecule has 0 amide bonds. The molecule has 0 aliphatic rings. The molecule has 0 unspecified atom stereocenters. The minimum absolute atomic E-state index is 0.0622. The van der Waals surface area contributed by atoms with E-state index in [1.807, 2.05) is 0 Å². The number of rotatable bonds is 10. The Hall–Kier alpha value is -1.70. The molecule has 20 heavy (non-hydrogen) atoms. The first-order valence-electron chi connectivity index (χ1n) is 6.58. The van der Waals surface area contributed by atoms with Gasteiger partial charge in [0.25, 0.3) is 5.69 Å². The van der Waals surface area contributed by atoms with Crippen molar-refractivity contribution in [1.29, 1.82) is 0 Å². The van der Waals surface area contributed by atoms with Crippen LogP contribution in [0.3, 0.4) is 0 Å². The first-order chi connectivity index (χ1) is 9.69. The lowest BCUT2D eigenvalue weighted by Gasteiger charge is -2.07. The van der Waals surface area contributed by atoms with E-state index in [1.54, 1.807) is 12.1 Å². The van der Waals surface area contributed by atoms with Crippen molar-refractivity contribution >= 4 is 11.4 Å². The highest BCUT2D eigenvalue weighted by molar-refractivity contribution is 5.61. The van der Waals surface area contributed by atoms with Gasteiger partial charge in [-0.25, -0.2) is 0 Å². The normalized spacial score (nSPS) is 10.5. The minimum Gasteiger partial charge on any atom is -0.379 e. The number of nitrogens with one attached hydrogen (secondary N) is 1. The zero-order chi connectivity index (χ0) is 14.8. The van der Waals surface area contributed by atoms with Crippen molar-refractivity contribution in [2.75, 3.05) is 25.2 Å². The van der Waals surface area contributed by atoms with Crippen molar-refractivity contribution in [3.63, 3.8) is 0 Å². The third kappa shape index (κ3) is 5.52. The molecule has 3 N–H and O–H groups in total. The van der Waals surface area contributed by atoms with E-state index in [4.69, 9.17) is 15.3 Å². The molecule has 0 spiro atoms. The van der Waals surface area contributed by atoms with Crippen LogP contribution in [0.5, 0.6) is 0 Å². The third-order valence-corrected chi connectivity index (χ3v) is 2.70. The largest absolute Gasteiger partial charge is 0.379 e. The van der Waals surface area contributed by atoms with E-state index in [2.05, 4.69) is 12.3 Å². The third-order valence-electron chi connectivity index (χ3n) is 2.70. The lowest BCUT2D eigenvalue weighted by molar-refractivity contribution is -0.384. The highest BCUT2D eigenvalue weighted by atomic mass is 16.6. The molecule has 0 radical (unpaired) electrons. The van der Waals surface area contributed by atoms with Crippen LogP contribution in [0.2, 0.25) is 0 Å². The molecule has 1 aromatic rings. The molecule has 0 bridgehead atoms. The number of unbranched alkanes of at least 4 members (excludes halogenated alkanes) is 1. The molecule has 0 fully saturated rings. The molecule has 1 aromatic carbocycles. The first kappa shape index (κ1) is 16.4. The quantitative estimate of drug-likeness (QED) is 0.295. The number of benzene rings is 1.